The zero-order valence-corrected chi connectivity index (χ0v) is 12.8. The molecular formula is C12H16N2O7S. The maximum atomic E-state index is 12.5. The Bertz CT molecular complexity index is 642. The van der Waals surface area contributed by atoms with Gasteiger partial charge in [-0.05, 0) is 12.1 Å². The zero-order valence-electron chi connectivity index (χ0n) is 12.0. The van der Waals surface area contributed by atoms with Crippen molar-refractivity contribution in [1.29, 1.82) is 0 Å². The van der Waals surface area contributed by atoms with Crippen LogP contribution in [0, 0.1) is 10.1 Å². The van der Waals surface area contributed by atoms with E-state index in [0.717, 1.165) is 35.7 Å². The predicted octanol–water partition coefficient (Wildman–Crippen LogP) is 0.139. The van der Waals surface area contributed by atoms with E-state index in [1.165, 1.54) is 6.92 Å². The van der Waals surface area contributed by atoms with Crippen LogP contribution in [0.1, 0.15) is 6.92 Å². The molecule has 22 heavy (non-hydrogen) atoms. The molecule has 10 heteroatoms. The van der Waals surface area contributed by atoms with Gasteiger partial charge in [0.05, 0.1) is 23.5 Å². The highest BCUT2D eigenvalue weighted by atomic mass is 32.2. The first kappa shape index (κ1) is 18.0. The SMILES string of the molecule is CCN(C(CO)C(=O)OC)S(=O)(=O)c1ccc([N+](=O)[O-])cc1. The Balaban J connectivity index is 3.23. The smallest absolute Gasteiger partial charge is 0.326 e. The number of aliphatic hydroxyl groups is 1. The van der Waals surface area contributed by atoms with Gasteiger partial charge in [0.25, 0.3) is 5.69 Å². The van der Waals surface area contributed by atoms with Crippen LogP contribution in [0.15, 0.2) is 29.2 Å². The van der Waals surface area contributed by atoms with Crippen LogP contribution in [0.5, 0.6) is 0 Å². The van der Waals surface area contributed by atoms with E-state index >= 15 is 0 Å². The van der Waals surface area contributed by atoms with Crippen LogP contribution in [0.4, 0.5) is 5.69 Å². The number of carbonyl (C=O) groups excluding carboxylic acids is 1. The van der Waals surface area contributed by atoms with Gasteiger partial charge in [-0.2, -0.15) is 4.31 Å². The number of nitro groups is 1. The average Bonchev–Trinajstić information content (AvgIpc) is 2.51. The Morgan fingerprint density at radius 3 is 2.32 bits per heavy atom. The van der Waals surface area contributed by atoms with Crippen molar-refractivity contribution in [3.8, 4) is 0 Å². The number of hydrogen-bond acceptors (Lipinski definition) is 7. The van der Waals surface area contributed by atoms with Crippen molar-refractivity contribution in [2.75, 3.05) is 20.3 Å². The first-order valence-corrected chi connectivity index (χ1v) is 7.68. The molecule has 0 radical (unpaired) electrons. The molecule has 0 saturated heterocycles. The third-order valence-electron chi connectivity index (χ3n) is 2.96. The molecule has 1 aromatic carbocycles. The quantitative estimate of drug-likeness (QED) is 0.427. The van der Waals surface area contributed by atoms with Crippen molar-refractivity contribution < 1.29 is 28.0 Å². The number of methoxy groups -OCH3 is 1. The second-order valence-corrected chi connectivity index (χ2v) is 6.07. The van der Waals surface area contributed by atoms with Crippen LogP contribution in [0.2, 0.25) is 0 Å². The minimum absolute atomic E-state index is 0.0837. The lowest BCUT2D eigenvalue weighted by atomic mass is 10.3. The summed E-state index contributed by atoms with van der Waals surface area (Å²) in [5.74, 6) is -0.894. The molecule has 122 valence electrons. The van der Waals surface area contributed by atoms with Crippen LogP contribution in [-0.2, 0) is 19.6 Å². The topological polar surface area (TPSA) is 127 Å². The van der Waals surface area contributed by atoms with Crippen molar-refractivity contribution >= 4 is 21.7 Å². The van der Waals surface area contributed by atoms with E-state index < -0.39 is 33.6 Å². The average molecular weight is 332 g/mol. The summed E-state index contributed by atoms with van der Waals surface area (Å²) < 4.78 is 30.3. The fourth-order valence-electron chi connectivity index (χ4n) is 1.85. The number of ether oxygens (including phenoxy) is 1. The number of sulfonamides is 1. The number of benzene rings is 1. The minimum atomic E-state index is -4.11. The molecule has 0 aliphatic rings. The Morgan fingerprint density at radius 1 is 1.41 bits per heavy atom. The molecule has 0 aliphatic heterocycles. The highest BCUT2D eigenvalue weighted by Crippen LogP contribution is 2.21. The van der Waals surface area contributed by atoms with Gasteiger partial charge in [-0.3, -0.25) is 14.9 Å². The van der Waals surface area contributed by atoms with Gasteiger partial charge in [0, 0.05) is 18.7 Å². The van der Waals surface area contributed by atoms with E-state index in [-0.39, 0.29) is 17.1 Å². The number of carbonyl (C=O) groups is 1. The molecule has 0 heterocycles. The lowest BCUT2D eigenvalue weighted by molar-refractivity contribution is -0.384. The second kappa shape index (κ2) is 7.29. The molecule has 0 bridgehead atoms. The summed E-state index contributed by atoms with van der Waals surface area (Å²) in [4.78, 5) is 21.3. The molecule has 9 nitrogen and oxygen atoms in total. The number of hydrogen-bond donors (Lipinski definition) is 1. The number of aliphatic hydroxyl groups excluding tert-OH is 1. The fourth-order valence-corrected chi connectivity index (χ4v) is 3.43. The molecule has 0 aliphatic carbocycles. The molecule has 1 rings (SSSR count). The molecule has 0 amide bonds. The van der Waals surface area contributed by atoms with Gasteiger partial charge in [0.2, 0.25) is 10.0 Å². The molecule has 1 atom stereocenters. The van der Waals surface area contributed by atoms with Gasteiger partial charge < -0.3 is 9.84 Å². The fraction of sp³-hybridized carbons (Fsp3) is 0.417. The maximum Gasteiger partial charge on any atom is 0.326 e. The van der Waals surface area contributed by atoms with E-state index in [9.17, 15) is 28.4 Å². The van der Waals surface area contributed by atoms with Crippen LogP contribution in [0.3, 0.4) is 0 Å². The molecular weight excluding hydrogens is 316 g/mol. The van der Waals surface area contributed by atoms with Crippen molar-refractivity contribution in [3.05, 3.63) is 34.4 Å². The second-order valence-electron chi connectivity index (χ2n) is 4.18. The van der Waals surface area contributed by atoms with Gasteiger partial charge in [0.1, 0.15) is 6.04 Å². The number of nitrogens with zero attached hydrogens (tertiary/aromatic N) is 2. The van der Waals surface area contributed by atoms with Crippen LogP contribution in [-0.4, -0.2) is 55.0 Å². The molecule has 1 N–H and O–H groups in total. The van der Waals surface area contributed by atoms with Gasteiger partial charge in [-0.1, -0.05) is 6.92 Å². The Hall–Kier alpha value is -2.04. The molecule has 0 saturated carbocycles. The summed E-state index contributed by atoms with van der Waals surface area (Å²) in [6.45, 7) is 0.668. The summed E-state index contributed by atoms with van der Waals surface area (Å²) in [5.41, 5.74) is -0.256. The lowest BCUT2D eigenvalue weighted by Crippen LogP contribution is -2.47. The van der Waals surface area contributed by atoms with E-state index in [2.05, 4.69) is 4.74 Å². The predicted molar refractivity (Wildman–Crippen MR) is 75.6 cm³/mol. The van der Waals surface area contributed by atoms with Crippen molar-refractivity contribution in [3.63, 3.8) is 0 Å². The molecule has 0 spiro atoms. The summed E-state index contributed by atoms with van der Waals surface area (Å²) in [5, 5.41) is 19.8. The minimum Gasteiger partial charge on any atom is -0.468 e. The Morgan fingerprint density at radius 2 is 1.95 bits per heavy atom. The Labute approximate surface area is 127 Å². The number of rotatable bonds is 7. The zero-order chi connectivity index (χ0) is 16.9. The van der Waals surface area contributed by atoms with Crippen LogP contribution < -0.4 is 0 Å². The first-order chi connectivity index (χ1) is 10.3. The summed E-state index contributed by atoms with van der Waals surface area (Å²) in [6, 6.07) is 2.86. The summed E-state index contributed by atoms with van der Waals surface area (Å²) in [6.07, 6.45) is 0. The van der Waals surface area contributed by atoms with Crippen LogP contribution >= 0.6 is 0 Å². The van der Waals surface area contributed by atoms with Crippen molar-refractivity contribution in [2.45, 2.75) is 17.9 Å². The van der Waals surface area contributed by atoms with E-state index in [1.54, 1.807) is 0 Å². The first-order valence-electron chi connectivity index (χ1n) is 6.24. The largest absolute Gasteiger partial charge is 0.468 e. The van der Waals surface area contributed by atoms with Crippen molar-refractivity contribution in [2.24, 2.45) is 0 Å². The maximum absolute atomic E-state index is 12.5. The molecule has 1 aromatic rings. The standard InChI is InChI=1S/C12H16N2O7S/c1-3-13(11(8-15)12(16)21-2)22(19,20)10-6-4-9(5-7-10)14(17)18/h4-7,11,15H,3,8H2,1-2H3. The summed E-state index contributed by atoms with van der Waals surface area (Å²) in [7, 11) is -3.03. The van der Waals surface area contributed by atoms with Gasteiger partial charge in [0.15, 0.2) is 0 Å². The third kappa shape index (κ3) is 3.59. The molecule has 0 fully saturated rings. The van der Waals surface area contributed by atoms with Gasteiger partial charge >= 0.3 is 5.97 Å². The number of non-ortho nitro benzene ring substituents is 1. The van der Waals surface area contributed by atoms with E-state index in [1.807, 2.05) is 0 Å². The van der Waals surface area contributed by atoms with Crippen LogP contribution in [0.25, 0.3) is 0 Å². The highest BCUT2D eigenvalue weighted by molar-refractivity contribution is 7.89. The number of esters is 1. The van der Waals surface area contributed by atoms with Gasteiger partial charge in [-0.25, -0.2) is 8.42 Å². The van der Waals surface area contributed by atoms with E-state index in [0.29, 0.717) is 0 Å². The molecule has 1 unspecified atom stereocenters. The lowest BCUT2D eigenvalue weighted by Gasteiger charge is -2.26. The highest BCUT2D eigenvalue weighted by Gasteiger charge is 2.35. The van der Waals surface area contributed by atoms with E-state index in [4.69, 9.17) is 0 Å². The summed E-state index contributed by atoms with van der Waals surface area (Å²) >= 11 is 0. The number of likely N-dealkylation sites (N-methyl/N-ethyl adjacent to an activating group) is 1. The normalized spacial score (nSPS) is 12.9. The third-order valence-corrected chi connectivity index (χ3v) is 4.96. The van der Waals surface area contributed by atoms with Gasteiger partial charge in [-0.15, -0.1) is 0 Å². The monoisotopic (exact) mass is 332 g/mol. The molecule has 0 aromatic heterocycles. The Kier molecular flexibility index (Phi) is 5.97. The number of nitro benzene ring substituents is 1. The van der Waals surface area contributed by atoms with Crippen molar-refractivity contribution in [1.82, 2.24) is 4.31 Å².